The molecule has 0 fully saturated rings. The number of aromatic nitrogens is 2. The van der Waals surface area contributed by atoms with E-state index in [4.69, 9.17) is 4.98 Å². The zero-order valence-electron chi connectivity index (χ0n) is 20.4. The Kier molecular flexibility index (Phi) is 6.26. The maximum Gasteiger partial charge on any atom is 0.262 e. The summed E-state index contributed by atoms with van der Waals surface area (Å²) in [5.41, 5.74) is 4.09. The van der Waals surface area contributed by atoms with Crippen molar-refractivity contribution in [2.45, 2.75) is 31.0 Å². The summed E-state index contributed by atoms with van der Waals surface area (Å²) >= 11 is 1.24. The van der Waals surface area contributed by atoms with Crippen LogP contribution >= 0.6 is 11.8 Å². The quantitative estimate of drug-likeness (QED) is 0.198. The molecular weight excluding hydrogens is 473 g/mol. The number of ketones is 1. The number of allylic oxidation sites excluding steroid dienone is 2. The van der Waals surface area contributed by atoms with Crippen LogP contribution in [0.2, 0.25) is 0 Å². The molecule has 0 bridgehead atoms. The Balaban J connectivity index is 1.44. The van der Waals surface area contributed by atoms with Crippen molar-refractivity contribution in [3.63, 3.8) is 0 Å². The number of fused-ring (bicyclic) bond motifs is 2. The van der Waals surface area contributed by atoms with E-state index in [-0.39, 0.29) is 34.9 Å². The third-order valence-electron chi connectivity index (χ3n) is 6.66. The first-order chi connectivity index (χ1) is 17.3. The van der Waals surface area contributed by atoms with E-state index in [0.29, 0.717) is 16.1 Å². The van der Waals surface area contributed by atoms with Gasteiger partial charge in [-0.15, -0.1) is 0 Å². The van der Waals surface area contributed by atoms with Gasteiger partial charge in [-0.2, -0.15) is 0 Å². The molecule has 36 heavy (non-hydrogen) atoms. The minimum atomic E-state index is -0.335. The van der Waals surface area contributed by atoms with Gasteiger partial charge in [-0.3, -0.25) is 14.2 Å². The highest BCUT2D eigenvalue weighted by atomic mass is 32.2. The molecule has 4 aromatic rings. The van der Waals surface area contributed by atoms with Crippen LogP contribution in [0.25, 0.3) is 10.9 Å². The van der Waals surface area contributed by atoms with Crippen molar-refractivity contribution < 1.29 is 9.18 Å². The lowest BCUT2D eigenvalue weighted by atomic mass is 9.83. The van der Waals surface area contributed by atoms with Gasteiger partial charge in [0.05, 0.1) is 23.2 Å². The zero-order chi connectivity index (χ0) is 25.4. The maximum absolute atomic E-state index is 13.4. The lowest BCUT2D eigenvalue weighted by Crippen LogP contribution is -2.25. The van der Waals surface area contributed by atoms with Crippen molar-refractivity contribution in [2.24, 2.45) is 0 Å². The fraction of sp³-hybridized carbons (Fsp3) is 0.207. The highest BCUT2D eigenvalue weighted by molar-refractivity contribution is 7.99. The van der Waals surface area contributed by atoms with E-state index in [0.717, 1.165) is 16.9 Å². The van der Waals surface area contributed by atoms with Crippen LogP contribution in [0.1, 0.15) is 25.0 Å². The van der Waals surface area contributed by atoms with E-state index >= 15 is 0 Å². The van der Waals surface area contributed by atoms with E-state index in [1.807, 2.05) is 25.2 Å². The van der Waals surface area contributed by atoms with Crippen molar-refractivity contribution in [3.8, 4) is 0 Å². The summed E-state index contributed by atoms with van der Waals surface area (Å²) in [5, 5.41) is 0.960. The van der Waals surface area contributed by atoms with Crippen molar-refractivity contribution in [2.75, 3.05) is 17.7 Å². The molecule has 3 aromatic carbocycles. The van der Waals surface area contributed by atoms with Gasteiger partial charge in [0.2, 0.25) is 0 Å². The zero-order valence-corrected chi connectivity index (χ0v) is 21.2. The molecular formula is C29H26FN3O2S. The Labute approximate surface area is 213 Å². The Morgan fingerprint density at radius 1 is 1.03 bits per heavy atom. The van der Waals surface area contributed by atoms with Gasteiger partial charge in [0.15, 0.2) is 10.9 Å². The van der Waals surface area contributed by atoms with Crippen LogP contribution in [-0.2, 0) is 16.8 Å². The van der Waals surface area contributed by atoms with Gasteiger partial charge in [0.1, 0.15) is 5.82 Å². The highest BCUT2D eigenvalue weighted by Crippen LogP contribution is 2.46. The predicted octanol–water partition coefficient (Wildman–Crippen LogP) is 5.56. The fourth-order valence-electron chi connectivity index (χ4n) is 4.76. The van der Waals surface area contributed by atoms with Gasteiger partial charge in [-0.05, 0) is 41.5 Å². The second-order valence-corrected chi connectivity index (χ2v) is 10.4. The molecule has 1 aromatic heterocycles. The number of hydrogen-bond acceptors (Lipinski definition) is 5. The van der Waals surface area contributed by atoms with Crippen molar-refractivity contribution in [1.82, 2.24) is 9.55 Å². The largest absolute Gasteiger partial charge is 0.347 e. The van der Waals surface area contributed by atoms with Crippen molar-refractivity contribution in [1.29, 1.82) is 0 Å². The van der Waals surface area contributed by atoms with Gasteiger partial charge in [-0.25, -0.2) is 9.37 Å². The number of likely N-dealkylation sites (N-methyl/N-ethyl adjacent to an activating group) is 1. The monoisotopic (exact) mass is 499 g/mol. The van der Waals surface area contributed by atoms with Gasteiger partial charge < -0.3 is 4.90 Å². The van der Waals surface area contributed by atoms with Crippen LogP contribution in [0.5, 0.6) is 0 Å². The van der Waals surface area contributed by atoms with E-state index in [1.165, 1.54) is 29.5 Å². The van der Waals surface area contributed by atoms with Crippen LogP contribution in [0.4, 0.5) is 10.1 Å². The number of anilines is 1. The van der Waals surface area contributed by atoms with E-state index in [1.54, 1.807) is 41.0 Å². The highest BCUT2D eigenvalue weighted by Gasteiger charge is 2.38. The van der Waals surface area contributed by atoms with Crippen LogP contribution in [0, 0.1) is 5.82 Å². The molecule has 0 saturated heterocycles. The Morgan fingerprint density at radius 2 is 1.72 bits per heavy atom. The number of nitrogens with zero attached hydrogens (tertiary/aromatic N) is 3. The predicted molar refractivity (Wildman–Crippen MR) is 143 cm³/mol. The molecule has 0 unspecified atom stereocenters. The van der Waals surface area contributed by atoms with E-state index in [9.17, 15) is 14.0 Å². The van der Waals surface area contributed by atoms with Crippen LogP contribution in [0.15, 0.2) is 94.5 Å². The average molecular weight is 500 g/mol. The smallest absolute Gasteiger partial charge is 0.262 e. The second kappa shape index (κ2) is 9.39. The second-order valence-electron chi connectivity index (χ2n) is 9.42. The van der Waals surface area contributed by atoms with Crippen molar-refractivity contribution in [3.05, 3.63) is 112 Å². The molecule has 0 atom stereocenters. The summed E-state index contributed by atoms with van der Waals surface area (Å²) in [6, 6.07) is 21.4. The lowest BCUT2D eigenvalue weighted by molar-refractivity contribution is -0.112. The third kappa shape index (κ3) is 4.35. The summed E-state index contributed by atoms with van der Waals surface area (Å²) in [6.07, 6.45) is 1.70. The number of thioether (sulfide) groups is 1. The number of benzene rings is 3. The molecule has 5 nitrogen and oxygen atoms in total. The molecule has 5 rings (SSSR count). The Hall–Kier alpha value is -3.71. The Bertz CT molecular complexity index is 1560. The molecule has 0 saturated carbocycles. The minimum Gasteiger partial charge on any atom is -0.347 e. The summed E-state index contributed by atoms with van der Waals surface area (Å²) in [6.45, 7) is 4.47. The molecule has 0 aliphatic carbocycles. The standard InChI is InChI=1S/C29H26FN3O2S/c1-29(2)23-9-5-7-11-25(23)32(3)26(29)16-21(34)18-36-28-31-24-10-6-4-8-22(24)27(35)33(28)17-19-12-14-20(30)15-13-19/h4-16H,17-18H2,1-3H3. The van der Waals surface area contributed by atoms with Crippen LogP contribution < -0.4 is 10.5 Å². The number of halogens is 1. The summed E-state index contributed by atoms with van der Waals surface area (Å²) in [5.74, 6) is -0.255. The molecule has 0 amide bonds. The summed E-state index contributed by atoms with van der Waals surface area (Å²) < 4.78 is 15.0. The first kappa shape index (κ1) is 24.0. The molecule has 182 valence electrons. The number of carbonyl (C=O) groups is 1. The van der Waals surface area contributed by atoms with Gasteiger partial charge in [0.25, 0.3) is 5.56 Å². The van der Waals surface area contributed by atoms with Gasteiger partial charge in [0, 0.05) is 29.9 Å². The minimum absolute atomic E-state index is 0.0570. The third-order valence-corrected chi connectivity index (χ3v) is 7.66. The molecule has 0 N–H and O–H groups in total. The Morgan fingerprint density at radius 3 is 2.47 bits per heavy atom. The SMILES string of the molecule is CN1C(=CC(=O)CSc2nc3ccccc3c(=O)n2Cc2ccc(F)cc2)C(C)(C)c2ccccc21. The first-order valence-electron chi connectivity index (χ1n) is 11.7. The average Bonchev–Trinajstić information content (AvgIpc) is 3.06. The maximum atomic E-state index is 13.4. The van der Waals surface area contributed by atoms with Crippen molar-refractivity contribution >= 4 is 34.1 Å². The molecule has 0 spiro atoms. The summed E-state index contributed by atoms with van der Waals surface area (Å²) in [4.78, 5) is 33.2. The van der Waals surface area contributed by atoms with Crippen LogP contribution in [-0.4, -0.2) is 28.1 Å². The van der Waals surface area contributed by atoms with Gasteiger partial charge in [-0.1, -0.05) is 68.1 Å². The molecule has 0 radical (unpaired) electrons. The molecule has 7 heteroatoms. The lowest BCUT2D eigenvalue weighted by Gasteiger charge is -2.24. The molecule has 1 aliphatic heterocycles. The number of hydrogen-bond donors (Lipinski definition) is 0. The fourth-order valence-corrected chi connectivity index (χ4v) is 5.58. The van der Waals surface area contributed by atoms with Crippen LogP contribution in [0.3, 0.4) is 0 Å². The number of carbonyl (C=O) groups excluding carboxylic acids is 1. The number of para-hydroxylation sites is 2. The molecule has 1 aliphatic rings. The summed E-state index contributed by atoms with van der Waals surface area (Å²) in [7, 11) is 1.98. The molecule has 2 heterocycles. The van der Waals surface area contributed by atoms with Gasteiger partial charge >= 0.3 is 0 Å². The van der Waals surface area contributed by atoms with E-state index in [2.05, 4.69) is 30.9 Å². The van der Waals surface area contributed by atoms with E-state index < -0.39 is 0 Å². The first-order valence-corrected chi connectivity index (χ1v) is 12.7. The topological polar surface area (TPSA) is 55.2 Å². The normalized spacial score (nSPS) is 15.4. The number of rotatable bonds is 6.